The fraction of sp³-hybridized carbons (Fsp3) is 0.545. The van der Waals surface area contributed by atoms with Gasteiger partial charge in [0.15, 0.2) is 5.82 Å². The third kappa shape index (κ3) is 2.98. The predicted molar refractivity (Wildman–Crippen MR) is 66.1 cm³/mol. The second-order valence-corrected chi connectivity index (χ2v) is 5.13. The van der Waals surface area contributed by atoms with Crippen LogP contribution in [0.5, 0.6) is 0 Å². The Bertz CT molecular complexity index is 607. The van der Waals surface area contributed by atoms with E-state index in [1.54, 1.807) is 6.92 Å². The Morgan fingerprint density at radius 3 is 3.05 bits per heavy atom. The molecule has 1 aliphatic rings. The number of thioether (sulfide) groups is 1. The van der Waals surface area contributed by atoms with Gasteiger partial charge in [0.1, 0.15) is 0 Å². The summed E-state index contributed by atoms with van der Waals surface area (Å²) in [4.78, 5) is 15.6. The largest absolute Gasteiger partial charge is 0.459 e. The van der Waals surface area contributed by atoms with Gasteiger partial charge in [-0.05, 0) is 19.8 Å². The number of ether oxygens (including phenoxy) is 1. The van der Waals surface area contributed by atoms with Crippen LogP contribution in [-0.4, -0.2) is 32.9 Å². The minimum atomic E-state index is -0.624. The molecule has 0 N–H and O–H groups in total. The number of carbonyl (C=O) groups is 1. The smallest absolute Gasteiger partial charge is 0.396 e. The molecule has 2 aromatic heterocycles. The van der Waals surface area contributed by atoms with E-state index < -0.39 is 5.97 Å². The third-order valence-corrected chi connectivity index (χ3v) is 3.41. The molecular formula is C11H12N4O4S. The first-order chi connectivity index (χ1) is 9.76. The highest BCUT2D eigenvalue weighted by atomic mass is 32.2. The van der Waals surface area contributed by atoms with Gasteiger partial charge in [0.25, 0.3) is 5.22 Å². The summed E-state index contributed by atoms with van der Waals surface area (Å²) in [5.74, 6) is 1.37. The number of aromatic nitrogens is 4. The van der Waals surface area contributed by atoms with E-state index in [2.05, 4.69) is 20.3 Å². The van der Waals surface area contributed by atoms with Gasteiger partial charge in [0.05, 0.1) is 12.4 Å². The topological polar surface area (TPSA) is 104 Å². The van der Waals surface area contributed by atoms with Gasteiger partial charge in [-0.25, -0.2) is 4.79 Å². The fourth-order valence-electron chi connectivity index (χ4n) is 1.50. The van der Waals surface area contributed by atoms with Crippen molar-refractivity contribution in [1.29, 1.82) is 0 Å². The highest BCUT2D eigenvalue weighted by molar-refractivity contribution is 7.98. The van der Waals surface area contributed by atoms with Crippen LogP contribution in [0.4, 0.5) is 0 Å². The van der Waals surface area contributed by atoms with Crippen molar-refractivity contribution in [2.75, 3.05) is 6.61 Å². The van der Waals surface area contributed by atoms with Crippen LogP contribution in [0, 0.1) is 0 Å². The molecule has 0 unspecified atom stereocenters. The van der Waals surface area contributed by atoms with Gasteiger partial charge in [-0.15, -0.1) is 5.10 Å². The summed E-state index contributed by atoms with van der Waals surface area (Å²) < 4.78 is 15.0. The van der Waals surface area contributed by atoms with E-state index in [0.29, 0.717) is 17.6 Å². The number of rotatable bonds is 6. The molecule has 1 fully saturated rings. The van der Waals surface area contributed by atoms with E-state index in [1.165, 1.54) is 11.8 Å². The van der Waals surface area contributed by atoms with Gasteiger partial charge in [0.2, 0.25) is 5.89 Å². The lowest BCUT2D eigenvalue weighted by molar-refractivity contribution is 0.0475. The molecule has 0 amide bonds. The van der Waals surface area contributed by atoms with Crippen LogP contribution < -0.4 is 0 Å². The summed E-state index contributed by atoms with van der Waals surface area (Å²) in [6.45, 7) is 1.96. The number of hydrogen-bond donors (Lipinski definition) is 0. The predicted octanol–water partition coefficient (Wildman–Crippen LogP) is 1.80. The van der Waals surface area contributed by atoms with Crippen LogP contribution in [0.15, 0.2) is 14.2 Å². The quantitative estimate of drug-likeness (QED) is 0.582. The Kier molecular flexibility index (Phi) is 3.68. The number of carbonyl (C=O) groups excluding carboxylic acids is 1. The average Bonchev–Trinajstić information content (AvgIpc) is 3.01. The molecule has 20 heavy (non-hydrogen) atoms. The minimum Gasteiger partial charge on any atom is -0.459 e. The SMILES string of the molecule is CCOC(=O)c1nnc(SCc2nc(C3CC3)no2)o1. The van der Waals surface area contributed by atoms with Crippen molar-refractivity contribution in [2.45, 2.75) is 36.7 Å². The van der Waals surface area contributed by atoms with Gasteiger partial charge in [-0.3, -0.25) is 0 Å². The molecule has 0 bridgehead atoms. The first-order valence-electron chi connectivity index (χ1n) is 6.22. The summed E-state index contributed by atoms with van der Waals surface area (Å²) in [6, 6.07) is 0. The van der Waals surface area contributed by atoms with Crippen molar-refractivity contribution in [3.05, 3.63) is 17.6 Å². The average molecular weight is 296 g/mol. The molecule has 1 saturated carbocycles. The van der Waals surface area contributed by atoms with E-state index in [9.17, 15) is 4.79 Å². The summed E-state index contributed by atoms with van der Waals surface area (Å²) in [7, 11) is 0. The van der Waals surface area contributed by atoms with Crippen LogP contribution in [-0.2, 0) is 10.5 Å². The van der Waals surface area contributed by atoms with Crippen molar-refractivity contribution in [2.24, 2.45) is 0 Å². The molecule has 3 rings (SSSR count). The summed E-state index contributed by atoms with van der Waals surface area (Å²) >= 11 is 1.23. The minimum absolute atomic E-state index is 0.154. The Morgan fingerprint density at radius 1 is 1.45 bits per heavy atom. The molecule has 8 nitrogen and oxygen atoms in total. The lowest BCUT2D eigenvalue weighted by Crippen LogP contribution is -2.04. The summed E-state index contributed by atoms with van der Waals surface area (Å²) in [5.41, 5.74) is 0. The Morgan fingerprint density at radius 2 is 2.30 bits per heavy atom. The molecule has 0 radical (unpaired) electrons. The number of nitrogens with zero attached hydrogens (tertiary/aromatic N) is 4. The van der Waals surface area contributed by atoms with E-state index in [1.807, 2.05) is 0 Å². The second-order valence-electron chi connectivity index (χ2n) is 4.20. The van der Waals surface area contributed by atoms with Crippen molar-refractivity contribution in [1.82, 2.24) is 20.3 Å². The molecular weight excluding hydrogens is 284 g/mol. The number of esters is 1. The molecule has 2 heterocycles. The molecule has 106 valence electrons. The molecule has 0 spiro atoms. The molecule has 2 aromatic rings. The van der Waals surface area contributed by atoms with Crippen LogP contribution in [0.25, 0.3) is 0 Å². The van der Waals surface area contributed by atoms with Crippen molar-refractivity contribution >= 4 is 17.7 Å². The molecule has 0 aliphatic heterocycles. The van der Waals surface area contributed by atoms with Crippen LogP contribution in [0.3, 0.4) is 0 Å². The lowest BCUT2D eigenvalue weighted by atomic mass is 10.4. The Balaban J connectivity index is 1.56. The van der Waals surface area contributed by atoms with Gasteiger partial charge in [-0.1, -0.05) is 22.0 Å². The normalized spacial score (nSPS) is 14.4. The van der Waals surface area contributed by atoms with E-state index >= 15 is 0 Å². The zero-order chi connectivity index (χ0) is 13.9. The summed E-state index contributed by atoms with van der Waals surface area (Å²) in [6.07, 6.45) is 2.25. The van der Waals surface area contributed by atoms with Crippen molar-refractivity contribution in [3.63, 3.8) is 0 Å². The monoisotopic (exact) mass is 296 g/mol. The lowest BCUT2D eigenvalue weighted by Gasteiger charge is -1.94. The second kappa shape index (κ2) is 5.61. The molecule has 0 aromatic carbocycles. The van der Waals surface area contributed by atoms with Gasteiger partial charge >= 0.3 is 11.9 Å². The maximum atomic E-state index is 11.3. The maximum Gasteiger partial charge on any atom is 0.396 e. The molecule has 0 saturated heterocycles. The summed E-state index contributed by atoms with van der Waals surface area (Å²) in [5, 5.41) is 11.5. The van der Waals surface area contributed by atoms with Crippen LogP contribution >= 0.6 is 11.8 Å². The van der Waals surface area contributed by atoms with E-state index in [4.69, 9.17) is 13.7 Å². The highest BCUT2D eigenvalue weighted by Crippen LogP contribution is 2.38. The zero-order valence-electron chi connectivity index (χ0n) is 10.7. The van der Waals surface area contributed by atoms with Crippen LogP contribution in [0.1, 0.15) is 48.1 Å². The van der Waals surface area contributed by atoms with Gasteiger partial charge in [-0.2, -0.15) is 4.98 Å². The van der Waals surface area contributed by atoms with Crippen molar-refractivity contribution < 1.29 is 18.5 Å². The molecule has 9 heteroatoms. The Labute approximate surface area is 118 Å². The van der Waals surface area contributed by atoms with Crippen molar-refractivity contribution in [3.8, 4) is 0 Å². The third-order valence-electron chi connectivity index (χ3n) is 2.60. The van der Waals surface area contributed by atoms with E-state index in [0.717, 1.165) is 18.7 Å². The maximum absolute atomic E-state index is 11.3. The standard InChI is InChI=1S/C11H12N4O4S/c1-2-17-10(16)9-13-14-11(18-9)20-5-7-12-8(15-19-7)6-3-4-6/h6H,2-5H2,1H3. The van der Waals surface area contributed by atoms with Crippen LogP contribution in [0.2, 0.25) is 0 Å². The first-order valence-corrected chi connectivity index (χ1v) is 7.20. The highest BCUT2D eigenvalue weighted by Gasteiger charge is 2.28. The first kappa shape index (κ1) is 13.1. The molecule has 0 atom stereocenters. The van der Waals surface area contributed by atoms with Gasteiger partial charge in [0, 0.05) is 5.92 Å². The van der Waals surface area contributed by atoms with E-state index in [-0.39, 0.29) is 17.7 Å². The molecule has 1 aliphatic carbocycles. The Hall–Kier alpha value is -1.90. The van der Waals surface area contributed by atoms with Gasteiger partial charge < -0.3 is 13.7 Å². The number of hydrogen-bond acceptors (Lipinski definition) is 9. The fourth-order valence-corrected chi connectivity index (χ4v) is 2.10. The zero-order valence-corrected chi connectivity index (χ0v) is 11.6.